The van der Waals surface area contributed by atoms with Gasteiger partial charge in [0.15, 0.2) is 0 Å². The Morgan fingerprint density at radius 3 is 2.72 bits per heavy atom. The number of aryl methyl sites for hydroxylation is 1. The van der Waals surface area contributed by atoms with Crippen molar-refractivity contribution in [2.24, 2.45) is 5.92 Å². The van der Waals surface area contributed by atoms with Gasteiger partial charge in [0.05, 0.1) is 0 Å². The molecule has 1 atom stereocenters. The van der Waals surface area contributed by atoms with Gasteiger partial charge in [-0.2, -0.15) is 0 Å². The number of nitrogens with one attached hydrogen (secondary N) is 1. The topological polar surface area (TPSA) is 12.0 Å². The predicted octanol–water partition coefficient (Wildman–Crippen LogP) is 5.07. The molecular weight excluding hydrogens is 238 g/mol. The summed E-state index contributed by atoms with van der Waals surface area (Å²) < 4.78 is 0. The van der Waals surface area contributed by atoms with Gasteiger partial charge < -0.3 is 5.32 Å². The minimum absolute atomic E-state index is 0.586. The monoisotopic (exact) mass is 265 g/mol. The maximum absolute atomic E-state index is 3.67. The van der Waals surface area contributed by atoms with Crippen LogP contribution >= 0.6 is 11.3 Å². The predicted molar refractivity (Wildman–Crippen MR) is 81.3 cm³/mol. The second kappa shape index (κ2) is 7.30. The molecule has 18 heavy (non-hydrogen) atoms. The van der Waals surface area contributed by atoms with Crippen molar-refractivity contribution in [3.05, 3.63) is 21.9 Å². The van der Waals surface area contributed by atoms with Gasteiger partial charge in [-0.15, -0.1) is 11.3 Å². The van der Waals surface area contributed by atoms with Crippen LogP contribution in [-0.4, -0.2) is 6.54 Å². The molecule has 2 rings (SSSR count). The summed E-state index contributed by atoms with van der Waals surface area (Å²) >= 11 is 1.88. The molecule has 1 nitrogen and oxygen atoms in total. The van der Waals surface area contributed by atoms with Crippen LogP contribution in [0.1, 0.15) is 68.4 Å². The van der Waals surface area contributed by atoms with Crippen LogP contribution in [0.15, 0.2) is 11.4 Å². The van der Waals surface area contributed by atoms with Crippen LogP contribution in [-0.2, 0) is 0 Å². The highest BCUT2D eigenvalue weighted by Crippen LogP contribution is 2.32. The fraction of sp³-hybridized carbons (Fsp3) is 0.750. The number of hydrogen-bond donors (Lipinski definition) is 1. The Hall–Kier alpha value is -0.340. The van der Waals surface area contributed by atoms with Gasteiger partial charge >= 0.3 is 0 Å². The normalized spacial score (nSPS) is 19.0. The largest absolute Gasteiger partial charge is 0.310 e. The first-order valence-corrected chi connectivity index (χ1v) is 8.46. The van der Waals surface area contributed by atoms with E-state index in [0.29, 0.717) is 6.04 Å². The van der Waals surface area contributed by atoms with E-state index in [0.717, 1.165) is 12.5 Å². The molecule has 0 aromatic carbocycles. The van der Waals surface area contributed by atoms with Gasteiger partial charge in [0.2, 0.25) is 0 Å². The van der Waals surface area contributed by atoms with E-state index in [1.165, 1.54) is 55.4 Å². The maximum atomic E-state index is 3.67. The molecule has 0 radical (unpaired) electrons. The minimum Gasteiger partial charge on any atom is -0.310 e. The summed E-state index contributed by atoms with van der Waals surface area (Å²) in [5, 5.41) is 5.90. The average Bonchev–Trinajstić information content (AvgIpc) is 2.82. The van der Waals surface area contributed by atoms with Crippen molar-refractivity contribution in [3.8, 4) is 0 Å². The van der Waals surface area contributed by atoms with Crippen molar-refractivity contribution in [2.45, 2.75) is 64.8 Å². The summed E-state index contributed by atoms with van der Waals surface area (Å²) in [7, 11) is 0. The smallest absolute Gasteiger partial charge is 0.0331 e. The van der Waals surface area contributed by atoms with E-state index in [1.54, 1.807) is 0 Å². The van der Waals surface area contributed by atoms with Crippen LogP contribution < -0.4 is 5.32 Å². The van der Waals surface area contributed by atoms with Gasteiger partial charge in [0, 0.05) is 10.9 Å². The number of thiophene rings is 1. The molecule has 0 bridgehead atoms. The molecule has 1 fully saturated rings. The Balaban J connectivity index is 1.88. The SMILES string of the molecule is CCNC(CCC1CCCCC1)c1ccsc1C. The molecule has 1 heterocycles. The van der Waals surface area contributed by atoms with E-state index in [1.807, 2.05) is 11.3 Å². The molecule has 1 N–H and O–H groups in total. The van der Waals surface area contributed by atoms with Gasteiger partial charge in [0.25, 0.3) is 0 Å². The molecule has 0 aliphatic heterocycles. The van der Waals surface area contributed by atoms with Gasteiger partial charge in [-0.05, 0) is 49.2 Å². The summed E-state index contributed by atoms with van der Waals surface area (Å²) in [5.41, 5.74) is 1.54. The lowest BCUT2D eigenvalue weighted by Crippen LogP contribution is -2.22. The minimum atomic E-state index is 0.586. The maximum Gasteiger partial charge on any atom is 0.0331 e. The second-order valence-corrected chi connectivity index (χ2v) is 6.74. The van der Waals surface area contributed by atoms with Crippen LogP contribution in [0.4, 0.5) is 0 Å². The van der Waals surface area contributed by atoms with Crippen LogP contribution in [0.25, 0.3) is 0 Å². The summed E-state index contributed by atoms with van der Waals surface area (Å²) in [6, 6.07) is 2.90. The molecule has 1 aromatic rings. The molecule has 0 spiro atoms. The number of hydrogen-bond acceptors (Lipinski definition) is 2. The van der Waals surface area contributed by atoms with Gasteiger partial charge in [0.1, 0.15) is 0 Å². The summed E-state index contributed by atoms with van der Waals surface area (Å²) in [4.78, 5) is 1.49. The molecular formula is C16H27NS. The van der Waals surface area contributed by atoms with Crippen molar-refractivity contribution < 1.29 is 0 Å². The van der Waals surface area contributed by atoms with E-state index in [9.17, 15) is 0 Å². The van der Waals surface area contributed by atoms with Crippen LogP contribution in [0.2, 0.25) is 0 Å². The quantitative estimate of drug-likeness (QED) is 0.757. The van der Waals surface area contributed by atoms with E-state index in [2.05, 4.69) is 30.6 Å². The molecule has 2 heteroatoms. The molecule has 1 aliphatic carbocycles. The van der Waals surface area contributed by atoms with Crippen molar-refractivity contribution in [1.29, 1.82) is 0 Å². The highest BCUT2D eigenvalue weighted by atomic mass is 32.1. The Morgan fingerprint density at radius 1 is 1.33 bits per heavy atom. The average molecular weight is 265 g/mol. The Labute approximate surface area is 116 Å². The Kier molecular flexibility index (Phi) is 5.71. The van der Waals surface area contributed by atoms with Crippen molar-refractivity contribution in [3.63, 3.8) is 0 Å². The Morgan fingerprint density at radius 2 is 2.11 bits per heavy atom. The zero-order valence-electron chi connectivity index (χ0n) is 11.9. The third-order valence-corrected chi connectivity index (χ3v) is 5.17. The molecule has 0 saturated heterocycles. The zero-order chi connectivity index (χ0) is 12.8. The first-order valence-electron chi connectivity index (χ1n) is 7.58. The van der Waals surface area contributed by atoms with E-state index in [-0.39, 0.29) is 0 Å². The fourth-order valence-electron chi connectivity index (χ4n) is 3.25. The summed E-state index contributed by atoms with van der Waals surface area (Å²) in [6.07, 6.45) is 10.1. The lowest BCUT2D eigenvalue weighted by molar-refractivity contribution is 0.315. The molecule has 0 amide bonds. The first-order chi connectivity index (χ1) is 8.81. The molecule has 1 aliphatic rings. The van der Waals surface area contributed by atoms with E-state index in [4.69, 9.17) is 0 Å². The molecule has 1 unspecified atom stereocenters. The lowest BCUT2D eigenvalue weighted by Gasteiger charge is -2.25. The number of rotatable bonds is 6. The van der Waals surface area contributed by atoms with E-state index >= 15 is 0 Å². The van der Waals surface area contributed by atoms with Crippen LogP contribution in [0.5, 0.6) is 0 Å². The zero-order valence-corrected chi connectivity index (χ0v) is 12.7. The van der Waals surface area contributed by atoms with Crippen LogP contribution in [0, 0.1) is 12.8 Å². The van der Waals surface area contributed by atoms with Gasteiger partial charge in [-0.25, -0.2) is 0 Å². The second-order valence-electron chi connectivity index (χ2n) is 5.62. The van der Waals surface area contributed by atoms with Crippen LogP contribution in [0.3, 0.4) is 0 Å². The first kappa shape index (κ1) is 14.1. The highest BCUT2D eigenvalue weighted by molar-refractivity contribution is 7.10. The van der Waals surface area contributed by atoms with E-state index < -0.39 is 0 Å². The molecule has 1 aromatic heterocycles. The fourth-order valence-corrected chi connectivity index (χ4v) is 4.01. The summed E-state index contributed by atoms with van der Waals surface area (Å²) in [5.74, 6) is 0.999. The van der Waals surface area contributed by atoms with Crippen molar-refractivity contribution >= 4 is 11.3 Å². The molecule has 102 valence electrons. The third-order valence-electron chi connectivity index (χ3n) is 4.31. The third kappa shape index (κ3) is 3.83. The highest BCUT2D eigenvalue weighted by Gasteiger charge is 2.18. The van der Waals surface area contributed by atoms with Gasteiger partial charge in [-0.3, -0.25) is 0 Å². The van der Waals surface area contributed by atoms with Crippen molar-refractivity contribution in [2.75, 3.05) is 6.54 Å². The lowest BCUT2D eigenvalue weighted by atomic mass is 9.84. The Bertz CT molecular complexity index is 339. The summed E-state index contributed by atoms with van der Waals surface area (Å²) in [6.45, 7) is 5.55. The van der Waals surface area contributed by atoms with Gasteiger partial charge in [-0.1, -0.05) is 39.0 Å². The standard InChI is InChI=1S/C16H27NS/c1-3-17-16(15-11-12-18-13(15)2)10-9-14-7-5-4-6-8-14/h11-12,14,16-17H,3-10H2,1-2H3. The van der Waals surface area contributed by atoms with Crippen molar-refractivity contribution in [1.82, 2.24) is 5.32 Å². The molecule has 1 saturated carbocycles.